The summed E-state index contributed by atoms with van der Waals surface area (Å²) in [5.41, 5.74) is 3.14. The standard InChI is InChI=1S/C34H42N6O5S2/c1-23(26-10-7-6-8-11-26)36-33(42)27-17-28(19-31(18-27)40(4)47(5,44)45)34(43)38-30(16-25-13-15-46-22-25)20-35-24(2)32(41)37-29-12-9-14-39(3)21-29/h6-15,17-19,22-24,30,35H,16,20-21H2,1-5H3,(H,36,42)(H,37,41)(H,38,43)/t23-,24+,30+/m1/s1. The quantitative estimate of drug-likeness (QED) is 0.205. The number of hydrogen-bond acceptors (Lipinski definition) is 8. The first kappa shape index (κ1) is 35.4. The Morgan fingerprint density at radius 1 is 1.00 bits per heavy atom. The Morgan fingerprint density at radius 2 is 1.68 bits per heavy atom. The van der Waals surface area contributed by atoms with Crippen LogP contribution in [0.3, 0.4) is 0 Å². The fourth-order valence-corrected chi connectivity index (χ4v) is 6.10. The molecular weight excluding hydrogens is 637 g/mol. The van der Waals surface area contributed by atoms with E-state index in [0.29, 0.717) is 13.0 Å². The zero-order chi connectivity index (χ0) is 34.1. The summed E-state index contributed by atoms with van der Waals surface area (Å²) in [5.74, 6) is -1.14. The molecule has 3 aromatic rings. The van der Waals surface area contributed by atoms with Gasteiger partial charge in [-0.25, -0.2) is 8.42 Å². The molecule has 2 heterocycles. The van der Waals surface area contributed by atoms with Crippen LogP contribution in [0.4, 0.5) is 5.69 Å². The lowest BCUT2D eigenvalue weighted by atomic mass is 10.0. The number of anilines is 1. The van der Waals surface area contributed by atoms with E-state index in [2.05, 4.69) is 21.3 Å². The lowest BCUT2D eigenvalue weighted by molar-refractivity contribution is -0.122. The van der Waals surface area contributed by atoms with Crippen molar-refractivity contribution in [1.82, 2.24) is 26.2 Å². The number of hydrogen-bond donors (Lipinski definition) is 4. The number of amides is 3. The van der Waals surface area contributed by atoms with E-state index in [1.54, 1.807) is 18.3 Å². The lowest BCUT2D eigenvalue weighted by Crippen LogP contribution is -2.49. The topological polar surface area (TPSA) is 140 Å². The van der Waals surface area contributed by atoms with E-state index in [-0.39, 0.29) is 35.3 Å². The molecule has 1 aromatic heterocycles. The van der Waals surface area contributed by atoms with Crippen LogP contribution in [0.5, 0.6) is 0 Å². The van der Waals surface area contributed by atoms with Gasteiger partial charge in [-0.05, 0) is 84.8 Å². The summed E-state index contributed by atoms with van der Waals surface area (Å²) < 4.78 is 25.9. The zero-order valence-electron chi connectivity index (χ0n) is 27.2. The van der Waals surface area contributed by atoms with Gasteiger partial charge in [0.1, 0.15) is 0 Å². The maximum atomic E-state index is 13.8. The third-order valence-electron chi connectivity index (χ3n) is 7.75. The van der Waals surface area contributed by atoms with Crippen molar-refractivity contribution in [3.05, 3.63) is 112 Å². The van der Waals surface area contributed by atoms with Gasteiger partial charge in [-0.2, -0.15) is 11.3 Å². The van der Waals surface area contributed by atoms with Crippen LogP contribution in [0.1, 0.15) is 51.7 Å². The van der Waals surface area contributed by atoms with E-state index >= 15 is 0 Å². The van der Waals surface area contributed by atoms with Gasteiger partial charge in [-0.15, -0.1) is 0 Å². The predicted octanol–water partition coefficient (Wildman–Crippen LogP) is 3.41. The molecule has 4 N–H and O–H groups in total. The monoisotopic (exact) mass is 678 g/mol. The second kappa shape index (κ2) is 15.9. The molecule has 11 nitrogen and oxygen atoms in total. The Balaban J connectivity index is 1.53. The second-order valence-electron chi connectivity index (χ2n) is 11.7. The highest BCUT2D eigenvalue weighted by atomic mass is 32.2. The fraction of sp³-hybridized carbons (Fsp3) is 0.324. The van der Waals surface area contributed by atoms with E-state index in [0.717, 1.165) is 27.4 Å². The van der Waals surface area contributed by atoms with Crippen molar-refractivity contribution in [2.75, 3.05) is 37.7 Å². The minimum atomic E-state index is -3.69. The smallest absolute Gasteiger partial charge is 0.251 e. The SMILES string of the molecule is C[C@H](NC[C@H](Cc1ccsc1)NC(=O)c1cc(C(=O)N[C@H](C)c2ccccc2)cc(N(C)S(C)(=O)=O)c1)C(=O)NC1=CC=CN(C)C1. The Kier molecular flexibility index (Phi) is 12.0. The van der Waals surface area contributed by atoms with Gasteiger partial charge in [-0.1, -0.05) is 30.3 Å². The fourth-order valence-electron chi connectivity index (χ4n) is 4.93. The van der Waals surface area contributed by atoms with Crippen LogP contribution in [0.25, 0.3) is 0 Å². The maximum absolute atomic E-state index is 13.8. The molecule has 13 heteroatoms. The number of carbonyl (C=O) groups excluding carboxylic acids is 3. The van der Waals surface area contributed by atoms with Gasteiger partial charge in [0, 0.05) is 43.5 Å². The largest absolute Gasteiger partial charge is 0.375 e. The van der Waals surface area contributed by atoms with Gasteiger partial charge in [0.2, 0.25) is 15.9 Å². The van der Waals surface area contributed by atoms with Crippen molar-refractivity contribution >= 4 is 44.8 Å². The van der Waals surface area contributed by atoms with Crippen molar-refractivity contribution in [3.63, 3.8) is 0 Å². The predicted molar refractivity (Wildman–Crippen MR) is 187 cm³/mol. The third kappa shape index (κ3) is 10.3. The first-order valence-electron chi connectivity index (χ1n) is 15.2. The Labute approximate surface area is 280 Å². The van der Waals surface area contributed by atoms with Gasteiger partial charge in [0.25, 0.3) is 11.8 Å². The molecule has 0 radical (unpaired) electrons. The minimum absolute atomic E-state index is 0.123. The number of carbonyl (C=O) groups is 3. The van der Waals surface area contributed by atoms with E-state index in [4.69, 9.17) is 0 Å². The van der Waals surface area contributed by atoms with Crippen molar-refractivity contribution in [2.24, 2.45) is 0 Å². The molecule has 1 aliphatic heterocycles. The normalized spacial score (nSPS) is 14.8. The number of sulfonamides is 1. The second-order valence-corrected chi connectivity index (χ2v) is 14.5. The molecule has 3 atom stereocenters. The highest BCUT2D eigenvalue weighted by Gasteiger charge is 2.23. The molecule has 0 fully saturated rings. The van der Waals surface area contributed by atoms with Gasteiger partial charge in [-0.3, -0.25) is 18.7 Å². The molecule has 0 unspecified atom stereocenters. The molecule has 1 aliphatic rings. The van der Waals surface area contributed by atoms with Gasteiger partial charge in [0.05, 0.1) is 30.6 Å². The molecule has 3 amide bonds. The minimum Gasteiger partial charge on any atom is -0.375 e. The summed E-state index contributed by atoms with van der Waals surface area (Å²) in [5, 5.41) is 16.1. The van der Waals surface area contributed by atoms with Crippen molar-refractivity contribution in [2.45, 2.75) is 38.4 Å². The number of rotatable bonds is 14. The maximum Gasteiger partial charge on any atom is 0.251 e. The molecule has 4 rings (SSSR count). The van der Waals surface area contributed by atoms with Crippen LogP contribution in [0, 0.1) is 0 Å². The average molecular weight is 679 g/mol. The number of allylic oxidation sites excluding steroid dienone is 2. The first-order valence-corrected chi connectivity index (χ1v) is 18.0. The van der Waals surface area contributed by atoms with Crippen molar-refractivity contribution in [3.8, 4) is 0 Å². The van der Waals surface area contributed by atoms with Crippen LogP contribution in [0.15, 0.2) is 89.4 Å². The van der Waals surface area contributed by atoms with E-state index < -0.39 is 33.9 Å². The van der Waals surface area contributed by atoms with Gasteiger partial charge in [0.15, 0.2) is 0 Å². The number of nitrogens with one attached hydrogen (secondary N) is 4. The Bertz CT molecular complexity index is 1720. The van der Waals surface area contributed by atoms with E-state index in [1.165, 1.54) is 25.2 Å². The summed E-state index contributed by atoms with van der Waals surface area (Å²) in [6, 6.07) is 14.4. The number of thiophene rings is 1. The molecule has 250 valence electrons. The van der Waals surface area contributed by atoms with Gasteiger partial charge >= 0.3 is 0 Å². The molecule has 2 aromatic carbocycles. The number of nitrogens with zero attached hydrogens (tertiary/aromatic N) is 2. The number of benzene rings is 2. The highest BCUT2D eigenvalue weighted by molar-refractivity contribution is 7.92. The van der Waals surface area contributed by atoms with Crippen LogP contribution >= 0.6 is 11.3 Å². The molecular formula is C34H42N6O5S2. The summed E-state index contributed by atoms with van der Waals surface area (Å²) in [4.78, 5) is 42.0. The molecule has 0 spiro atoms. The summed E-state index contributed by atoms with van der Waals surface area (Å²) in [6.07, 6.45) is 7.19. The van der Waals surface area contributed by atoms with Crippen LogP contribution < -0.4 is 25.6 Å². The first-order chi connectivity index (χ1) is 22.3. The molecule has 47 heavy (non-hydrogen) atoms. The zero-order valence-corrected chi connectivity index (χ0v) is 28.8. The molecule has 0 saturated heterocycles. The molecule has 0 aliphatic carbocycles. The van der Waals surface area contributed by atoms with E-state index in [9.17, 15) is 22.8 Å². The molecule has 0 saturated carbocycles. The van der Waals surface area contributed by atoms with Crippen LogP contribution in [0.2, 0.25) is 0 Å². The Morgan fingerprint density at radius 3 is 2.30 bits per heavy atom. The van der Waals surface area contributed by atoms with Crippen molar-refractivity contribution < 1.29 is 22.8 Å². The van der Waals surface area contributed by atoms with Crippen LogP contribution in [-0.4, -0.2) is 76.6 Å². The van der Waals surface area contributed by atoms with Gasteiger partial charge < -0.3 is 26.2 Å². The molecule has 0 bridgehead atoms. The lowest BCUT2D eigenvalue weighted by Gasteiger charge is -2.24. The number of likely N-dealkylation sites (N-methyl/N-ethyl adjacent to an activating group) is 1. The van der Waals surface area contributed by atoms with Crippen LogP contribution in [-0.2, 0) is 21.2 Å². The summed E-state index contributed by atoms with van der Waals surface area (Å²) in [7, 11) is -0.401. The Hall–Kier alpha value is -4.46. The summed E-state index contributed by atoms with van der Waals surface area (Å²) in [6.45, 7) is 4.47. The van der Waals surface area contributed by atoms with Crippen molar-refractivity contribution in [1.29, 1.82) is 0 Å². The average Bonchev–Trinajstić information content (AvgIpc) is 3.55. The highest BCUT2D eigenvalue weighted by Crippen LogP contribution is 2.22. The summed E-state index contributed by atoms with van der Waals surface area (Å²) >= 11 is 1.54. The van der Waals surface area contributed by atoms with E-state index in [1.807, 2.05) is 84.4 Å². The third-order valence-corrected chi connectivity index (χ3v) is 9.69.